The molecule has 0 aliphatic carbocycles. The normalized spacial score (nSPS) is 18.4. The van der Waals surface area contributed by atoms with Gasteiger partial charge in [-0.1, -0.05) is 0 Å². The minimum Gasteiger partial charge on any atom is -0.494 e. The molecule has 2 rings (SSSR count). The van der Waals surface area contributed by atoms with E-state index in [1.807, 2.05) is 13.8 Å². The van der Waals surface area contributed by atoms with E-state index in [1.165, 1.54) is 0 Å². The molecule has 1 aliphatic heterocycles. The van der Waals surface area contributed by atoms with Crippen molar-refractivity contribution in [2.45, 2.75) is 32.9 Å². The Hall–Kier alpha value is -1.96. The summed E-state index contributed by atoms with van der Waals surface area (Å²) in [5.41, 5.74) is 0.451. The van der Waals surface area contributed by atoms with Crippen molar-refractivity contribution in [3.05, 3.63) is 18.2 Å². The third-order valence-corrected chi connectivity index (χ3v) is 4.17. The Morgan fingerprint density at radius 1 is 1.27 bits per heavy atom. The van der Waals surface area contributed by atoms with E-state index in [0.29, 0.717) is 43.4 Å². The van der Waals surface area contributed by atoms with E-state index >= 15 is 0 Å². The first-order chi connectivity index (χ1) is 12.3. The Kier molecular flexibility index (Phi) is 7.14. The molecule has 146 valence electrons. The zero-order valence-electron chi connectivity index (χ0n) is 15.1. The highest BCUT2D eigenvalue weighted by molar-refractivity contribution is 5.94. The molecule has 0 aromatic heterocycles. The van der Waals surface area contributed by atoms with Crippen LogP contribution in [0.15, 0.2) is 18.2 Å². The minimum atomic E-state index is -4.22. The number of carbonyl (C=O) groups is 1. The molecule has 0 spiro atoms. The Labute approximate surface area is 151 Å². The van der Waals surface area contributed by atoms with Crippen LogP contribution in [0.5, 0.6) is 11.5 Å². The monoisotopic (exact) mass is 374 g/mol. The Morgan fingerprint density at radius 3 is 2.65 bits per heavy atom. The maximum Gasteiger partial charge on any atom is 0.393 e. The number of piperidine rings is 1. The quantitative estimate of drug-likeness (QED) is 0.791. The van der Waals surface area contributed by atoms with Crippen molar-refractivity contribution in [1.29, 1.82) is 0 Å². The number of alkyl halides is 3. The van der Waals surface area contributed by atoms with Gasteiger partial charge in [0.1, 0.15) is 11.5 Å². The molecule has 5 nitrogen and oxygen atoms in total. The van der Waals surface area contributed by atoms with Crippen LogP contribution in [-0.4, -0.2) is 49.8 Å². The summed E-state index contributed by atoms with van der Waals surface area (Å²) in [5.74, 6) is -0.663. The number of rotatable bonds is 7. The smallest absolute Gasteiger partial charge is 0.393 e. The van der Waals surface area contributed by atoms with Gasteiger partial charge in [0.2, 0.25) is 5.91 Å². The fourth-order valence-corrected chi connectivity index (χ4v) is 3.00. The minimum absolute atomic E-state index is 0.0863. The summed E-state index contributed by atoms with van der Waals surface area (Å²) in [4.78, 5) is 13.9. The van der Waals surface area contributed by atoms with E-state index in [4.69, 9.17) is 9.47 Å². The highest BCUT2D eigenvalue weighted by Crippen LogP contribution is 2.33. The van der Waals surface area contributed by atoms with E-state index in [0.717, 1.165) is 0 Å². The van der Waals surface area contributed by atoms with Crippen molar-refractivity contribution in [3.63, 3.8) is 0 Å². The molecule has 0 radical (unpaired) electrons. The van der Waals surface area contributed by atoms with Gasteiger partial charge in [-0.15, -0.1) is 0 Å². The van der Waals surface area contributed by atoms with Gasteiger partial charge in [0, 0.05) is 12.6 Å². The van der Waals surface area contributed by atoms with Crippen molar-refractivity contribution >= 4 is 11.6 Å². The molecule has 1 amide bonds. The van der Waals surface area contributed by atoms with E-state index in [1.54, 1.807) is 23.1 Å². The number of nitrogens with one attached hydrogen (secondary N) is 1. The number of amides is 1. The molecular formula is C18H25F3N2O3. The van der Waals surface area contributed by atoms with Crippen molar-refractivity contribution in [1.82, 2.24) is 4.90 Å². The van der Waals surface area contributed by atoms with Crippen molar-refractivity contribution in [2.24, 2.45) is 5.92 Å². The number of benzene rings is 1. The first kappa shape index (κ1) is 20.4. The van der Waals surface area contributed by atoms with Gasteiger partial charge >= 0.3 is 6.18 Å². The SMILES string of the molecule is CCOc1ccc(OCC)c(NC(=O)CN2CCC[C@@H](C(F)(F)F)C2)c1. The van der Waals surface area contributed by atoms with Gasteiger partial charge in [-0.2, -0.15) is 13.2 Å². The lowest BCUT2D eigenvalue weighted by Gasteiger charge is -2.33. The summed E-state index contributed by atoms with van der Waals surface area (Å²) in [6, 6.07) is 5.09. The molecular weight excluding hydrogens is 349 g/mol. The fraction of sp³-hybridized carbons (Fsp3) is 0.611. The molecule has 1 atom stereocenters. The summed E-state index contributed by atoms with van der Waals surface area (Å²) >= 11 is 0. The third kappa shape index (κ3) is 5.79. The van der Waals surface area contributed by atoms with Crippen LogP contribution in [0.3, 0.4) is 0 Å². The van der Waals surface area contributed by atoms with Gasteiger partial charge in [-0.3, -0.25) is 9.69 Å². The molecule has 0 unspecified atom stereocenters. The second-order valence-corrected chi connectivity index (χ2v) is 6.19. The number of anilines is 1. The Morgan fingerprint density at radius 2 is 2.00 bits per heavy atom. The van der Waals surface area contributed by atoms with E-state index in [-0.39, 0.29) is 25.4 Å². The van der Waals surface area contributed by atoms with Crippen LogP contribution in [0.2, 0.25) is 0 Å². The topological polar surface area (TPSA) is 50.8 Å². The Balaban J connectivity index is 2.01. The second kappa shape index (κ2) is 9.12. The van der Waals surface area contributed by atoms with Crippen LogP contribution in [0.4, 0.5) is 18.9 Å². The standard InChI is InChI=1S/C18H25F3N2O3/c1-3-25-14-7-8-16(26-4-2)15(10-14)22-17(24)12-23-9-5-6-13(11-23)18(19,20)21/h7-8,10,13H,3-6,9,11-12H2,1-2H3,(H,22,24)/t13-/m1/s1. The van der Waals surface area contributed by atoms with Gasteiger partial charge in [0.25, 0.3) is 0 Å². The highest BCUT2D eigenvalue weighted by Gasteiger charge is 2.41. The molecule has 1 aliphatic rings. The van der Waals surface area contributed by atoms with Crippen molar-refractivity contribution < 1.29 is 27.4 Å². The van der Waals surface area contributed by atoms with Gasteiger partial charge in [-0.25, -0.2) is 0 Å². The molecule has 8 heteroatoms. The summed E-state index contributed by atoms with van der Waals surface area (Å²) in [6.07, 6.45) is -3.67. The van der Waals surface area contributed by atoms with Gasteiger partial charge in [0.05, 0.1) is 31.4 Å². The molecule has 1 heterocycles. The lowest BCUT2D eigenvalue weighted by Crippen LogP contribution is -2.44. The maximum atomic E-state index is 12.9. The van der Waals surface area contributed by atoms with Crippen molar-refractivity contribution in [3.8, 4) is 11.5 Å². The molecule has 1 aromatic carbocycles. The van der Waals surface area contributed by atoms with Gasteiger partial charge in [0.15, 0.2) is 0 Å². The van der Waals surface area contributed by atoms with Gasteiger partial charge < -0.3 is 14.8 Å². The number of hydrogen-bond donors (Lipinski definition) is 1. The zero-order valence-corrected chi connectivity index (χ0v) is 15.1. The number of hydrogen-bond acceptors (Lipinski definition) is 4. The molecule has 1 N–H and O–H groups in total. The predicted octanol–water partition coefficient (Wildman–Crippen LogP) is 3.70. The first-order valence-corrected chi connectivity index (χ1v) is 8.82. The van der Waals surface area contributed by atoms with Crippen molar-refractivity contribution in [2.75, 3.05) is 38.2 Å². The second-order valence-electron chi connectivity index (χ2n) is 6.19. The molecule has 26 heavy (non-hydrogen) atoms. The lowest BCUT2D eigenvalue weighted by atomic mass is 9.97. The number of nitrogens with zero attached hydrogens (tertiary/aromatic N) is 1. The van der Waals surface area contributed by atoms with Crippen LogP contribution in [0, 0.1) is 5.92 Å². The predicted molar refractivity (Wildman–Crippen MR) is 92.6 cm³/mol. The summed E-state index contributed by atoms with van der Waals surface area (Å²) in [6.45, 7) is 4.84. The van der Waals surface area contributed by atoms with E-state index in [9.17, 15) is 18.0 Å². The largest absolute Gasteiger partial charge is 0.494 e. The number of halogens is 3. The average molecular weight is 374 g/mol. The van der Waals surface area contributed by atoms with Crippen LogP contribution in [-0.2, 0) is 4.79 Å². The van der Waals surface area contributed by atoms with Crippen LogP contribution < -0.4 is 14.8 Å². The highest BCUT2D eigenvalue weighted by atomic mass is 19.4. The van der Waals surface area contributed by atoms with Crippen LogP contribution >= 0.6 is 0 Å². The molecule has 1 fully saturated rings. The van der Waals surface area contributed by atoms with E-state index in [2.05, 4.69) is 5.32 Å². The molecule has 1 aromatic rings. The van der Waals surface area contributed by atoms with Gasteiger partial charge in [-0.05, 0) is 45.4 Å². The summed E-state index contributed by atoms with van der Waals surface area (Å²) < 4.78 is 49.6. The molecule has 0 bridgehead atoms. The number of carbonyl (C=O) groups excluding carboxylic acids is 1. The zero-order chi connectivity index (χ0) is 19.2. The van der Waals surface area contributed by atoms with E-state index < -0.39 is 12.1 Å². The molecule has 0 saturated carbocycles. The first-order valence-electron chi connectivity index (χ1n) is 8.82. The summed E-state index contributed by atoms with van der Waals surface area (Å²) in [7, 11) is 0. The number of ether oxygens (including phenoxy) is 2. The Bertz CT molecular complexity index is 608. The third-order valence-electron chi connectivity index (χ3n) is 4.17. The number of likely N-dealkylation sites (tertiary alicyclic amines) is 1. The lowest BCUT2D eigenvalue weighted by molar-refractivity contribution is -0.186. The van der Waals surface area contributed by atoms with Crippen LogP contribution in [0.25, 0.3) is 0 Å². The fourth-order valence-electron chi connectivity index (χ4n) is 3.00. The molecule has 1 saturated heterocycles. The maximum absolute atomic E-state index is 12.9. The van der Waals surface area contributed by atoms with Crippen LogP contribution in [0.1, 0.15) is 26.7 Å². The average Bonchev–Trinajstić information content (AvgIpc) is 2.57. The summed E-state index contributed by atoms with van der Waals surface area (Å²) in [5, 5.41) is 2.73.